The first-order chi connectivity index (χ1) is 9.51. The fraction of sp³-hybridized carbons (Fsp3) is 0.125. The molecular weight excluding hydrogens is 255 g/mol. The van der Waals surface area contributed by atoms with Gasteiger partial charge in [-0.2, -0.15) is 5.26 Å². The second kappa shape index (κ2) is 5.54. The van der Waals surface area contributed by atoms with Gasteiger partial charge in [-0.3, -0.25) is 4.79 Å². The van der Waals surface area contributed by atoms with Crippen LogP contribution in [0.15, 0.2) is 36.4 Å². The standard InChI is InChI=1S/C16H13FN2O/c1-10-3-4-12(7-11(10)2)16(20)19-15-6-5-14(17)8-13(15)9-18/h3-8H,1-2H3,(H,19,20). The van der Waals surface area contributed by atoms with E-state index in [1.807, 2.05) is 26.0 Å². The lowest BCUT2D eigenvalue weighted by Gasteiger charge is -2.08. The predicted octanol–water partition coefficient (Wildman–Crippen LogP) is 3.57. The lowest BCUT2D eigenvalue weighted by Crippen LogP contribution is -2.13. The lowest BCUT2D eigenvalue weighted by molar-refractivity contribution is 0.102. The van der Waals surface area contributed by atoms with Crippen molar-refractivity contribution in [1.29, 1.82) is 5.26 Å². The molecular formula is C16H13FN2O. The van der Waals surface area contributed by atoms with Crippen LogP contribution in [0.1, 0.15) is 27.0 Å². The highest BCUT2D eigenvalue weighted by Gasteiger charge is 2.10. The van der Waals surface area contributed by atoms with Gasteiger partial charge in [0, 0.05) is 5.56 Å². The fourth-order valence-electron chi connectivity index (χ4n) is 1.80. The van der Waals surface area contributed by atoms with Gasteiger partial charge in [-0.15, -0.1) is 0 Å². The number of carbonyl (C=O) groups excluding carboxylic acids is 1. The van der Waals surface area contributed by atoms with Crippen molar-refractivity contribution in [2.45, 2.75) is 13.8 Å². The highest BCUT2D eigenvalue weighted by molar-refractivity contribution is 6.05. The molecule has 2 rings (SSSR count). The predicted molar refractivity (Wildman–Crippen MR) is 75.0 cm³/mol. The van der Waals surface area contributed by atoms with E-state index in [9.17, 15) is 9.18 Å². The molecule has 0 aliphatic heterocycles. The monoisotopic (exact) mass is 268 g/mol. The Bertz CT molecular complexity index is 717. The second-order valence-electron chi connectivity index (χ2n) is 4.55. The molecule has 2 aromatic rings. The summed E-state index contributed by atoms with van der Waals surface area (Å²) in [6, 6.07) is 10.9. The highest BCUT2D eigenvalue weighted by Crippen LogP contribution is 2.18. The quantitative estimate of drug-likeness (QED) is 0.905. The van der Waals surface area contributed by atoms with E-state index in [1.165, 1.54) is 12.1 Å². The lowest BCUT2D eigenvalue weighted by atomic mass is 10.1. The second-order valence-corrected chi connectivity index (χ2v) is 4.55. The smallest absolute Gasteiger partial charge is 0.255 e. The molecule has 0 aromatic heterocycles. The first-order valence-electron chi connectivity index (χ1n) is 6.09. The van der Waals surface area contributed by atoms with Gasteiger partial charge in [-0.1, -0.05) is 6.07 Å². The zero-order valence-electron chi connectivity index (χ0n) is 11.2. The first-order valence-corrected chi connectivity index (χ1v) is 6.09. The van der Waals surface area contributed by atoms with Crippen molar-refractivity contribution in [3.63, 3.8) is 0 Å². The molecule has 20 heavy (non-hydrogen) atoms. The number of nitrogens with zero attached hydrogens (tertiary/aromatic N) is 1. The number of carbonyl (C=O) groups is 1. The molecule has 0 aliphatic carbocycles. The third-order valence-electron chi connectivity index (χ3n) is 3.12. The van der Waals surface area contributed by atoms with Crippen molar-refractivity contribution in [3.8, 4) is 6.07 Å². The summed E-state index contributed by atoms with van der Waals surface area (Å²) < 4.78 is 13.0. The van der Waals surface area contributed by atoms with Crippen LogP contribution in [0.2, 0.25) is 0 Å². The van der Waals surface area contributed by atoms with Crippen LogP contribution in [0, 0.1) is 31.0 Å². The van der Waals surface area contributed by atoms with E-state index in [1.54, 1.807) is 12.1 Å². The van der Waals surface area contributed by atoms with Crippen LogP contribution in [0.25, 0.3) is 0 Å². The van der Waals surface area contributed by atoms with Crippen molar-refractivity contribution in [3.05, 3.63) is 64.5 Å². The van der Waals surface area contributed by atoms with Crippen LogP contribution in [0.3, 0.4) is 0 Å². The molecule has 0 unspecified atom stereocenters. The number of amides is 1. The largest absolute Gasteiger partial charge is 0.321 e. The summed E-state index contributed by atoms with van der Waals surface area (Å²) in [4.78, 5) is 12.1. The van der Waals surface area contributed by atoms with Gasteiger partial charge in [0.1, 0.15) is 11.9 Å². The maximum absolute atomic E-state index is 13.0. The minimum absolute atomic E-state index is 0.0992. The van der Waals surface area contributed by atoms with E-state index in [2.05, 4.69) is 5.32 Å². The van der Waals surface area contributed by atoms with E-state index in [0.717, 1.165) is 17.2 Å². The van der Waals surface area contributed by atoms with Gasteiger partial charge < -0.3 is 5.32 Å². The van der Waals surface area contributed by atoms with Gasteiger partial charge in [0.2, 0.25) is 0 Å². The molecule has 1 N–H and O–H groups in total. The molecule has 0 bridgehead atoms. The average Bonchev–Trinajstić information content (AvgIpc) is 2.43. The molecule has 100 valence electrons. The molecule has 4 heteroatoms. The van der Waals surface area contributed by atoms with E-state index < -0.39 is 5.82 Å². The molecule has 0 atom stereocenters. The third-order valence-corrected chi connectivity index (χ3v) is 3.12. The van der Waals surface area contributed by atoms with Gasteiger partial charge in [-0.25, -0.2) is 4.39 Å². The Morgan fingerprint density at radius 1 is 1.15 bits per heavy atom. The number of halogens is 1. The van der Waals surface area contributed by atoms with E-state index >= 15 is 0 Å². The third kappa shape index (κ3) is 2.83. The van der Waals surface area contributed by atoms with Crippen LogP contribution < -0.4 is 5.32 Å². The summed E-state index contributed by atoms with van der Waals surface area (Å²) in [6.45, 7) is 3.88. The molecule has 1 amide bonds. The molecule has 0 saturated heterocycles. The van der Waals surface area contributed by atoms with E-state index in [-0.39, 0.29) is 11.5 Å². The molecule has 0 saturated carbocycles. The normalized spacial score (nSPS) is 9.90. The highest BCUT2D eigenvalue weighted by atomic mass is 19.1. The summed E-state index contributed by atoms with van der Waals surface area (Å²) in [5.74, 6) is -0.832. The Hall–Kier alpha value is -2.67. The van der Waals surface area contributed by atoms with Crippen molar-refractivity contribution in [2.75, 3.05) is 5.32 Å². The maximum atomic E-state index is 13.0. The topological polar surface area (TPSA) is 52.9 Å². The van der Waals surface area contributed by atoms with Crippen molar-refractivity contribution >= 4 is 11.6 Å². The number of benzene rings is 2. The minimum atomic E-state index is -0.509. The van der Waals surface area contributed by atoms with Gasteiger partial charge in [0.25, 0.3) is 5.91 Å². The summed E-state index contributed by atoms with van der Waals surface area (Å²) in [5.41, 5.74) is 3.01. The average molecular weight is 268 g/mol. The maximum Gasteiger partial charge on any atom is 0.255 e. The fourth-order valence-corrected chi connectivity index (χ4v) is 1.80. The van der Waals surface area contributed by atoms with Crippen molar-refractivity contribution in [1.82, 2.24) is 0 Å². The number of aryl methyl sites for hydroxylation is 2. The summed E-state index contributed by atoms with van der Waals surface area (Å²) in [6.07, 6.45) is 0. The molecule has 0 heterocycles. The number of hydrogen-bond donors (Lipinski definition) is 1. The number of hydrogen-bond acceptors (Lipinski definition) is 2. The van der Waals surface area contributed by atoms with Crippen LogP contribution in [-0.4, -0.2) is 5.91 Å². The molecule has 0 spiro atoms. The van der Waals surface area contributed by atoms with Crippen LogP contribution >= 0.6 is 0 Å². The first kappa shape index (κ1) is 13.8. The zero-order valence-corrected chi connectivity index (χ0v) is 11.2. The Balaban J connectivity index is 2.28. The number of rotatable bonds is 2. The molecule has 0 radical (unpaired) electrons. The van der Waals surface area contributed by atoms with Crippen LogP contribution in [-0.2, 0) is 0 Å². The summed E-state index contributed by atoms with van der Waals surface area (Å²) in [7, 11) is 0. The molecule has 0 aliphatic rings. The number of anilines is 1. The molecule has 3 nitrogen and oxygen atoms in total. The number of nitrogens with one attached hydrogen (secondary N) is 1. The minimum Gasteiger partial charge on any atom is -0.321 e. The summed E-state index contributed by atoms with van der Waals surface area (Å²) >= 11 is 0. The summed E-state index contributed by atoms with van der Waals surface area (Å²) in [5, 5.41) is 11.6. The molecule has 2 aromatic carbocycles. The Labute approximate surface area is 116 Å². The van der Waals surface area contributed by atoms with Crippen LogP contribution in [0.4, 0.5) is 10.1 Å². The van der Waals surface area contributed by atoms with Crippen molar-refractivity contribution in [2.24, 2.45) is 0 Å². The van der Waals surface area contributed by atoms with Crippen molar-refractivity contribution < 1.29 is 9.18 Å². The Kier molecular flexibility index (Phi) is 3.81. The van der Waals surface area contributed by atoms with Crippen LogP contribution in [0.5, 0.6) is 0 Å². The Morgan fingerprint density at radius 3 is 2.55 bits per heavy atom. The Morgan fingerprint density at radius 2 is 1.90 bits per heavy atom. The SMILES string of the molecule is Cc1ccc(C(=O)Nc2ccc(F)cc2C#N)cc1C. The van der Waals surface area contributed by atoms with Gasteiger partial charge in [-0.05, 0) is 55.3 Å². The van der Waals surface area contributed by atoms with Gasteiger partial charge in [0.05, 0.1) is 11.3 Å². The number of nitriles is 1. The van der Waals surface area contributed by atoms with Gasteiger partial charge >= 0.3 is 0 Å². The van der Waals surface area contributed by atoms with Gasteiger partial charge in [0.15, 0.2) is 0 Å². The molecule has 0 fully saturated rings. The van der Waals surface area contributed by atoms with E-state index in [0.29, 0.717) is 11.3 Å². The van der Waals surface area contributed by atoms with E-state index in [4.69, 9.17) is 5.26 Å². The zero-order chi connectivity index (χ0) is 14.7.